The molecule has 2 rings (SSSR count). The van der Waals surface area contributed by atoms with Gasteiger partial charge in [-0.2, -0.15) is 0 Å². The third-order valence-corrected chi connectivity index (χ3v) is 4.01. The highest BCUT2D eigenvalue weighted by molar-refractivity contribution is 7.07. The van der Waals surface area contributed by atoms with E-state index in [4.69, 9.17) is 0 Å². The quantitative estimate of drug-likeness (QED) is 0.863. The minimum atomic E-state index is -0.0495. The Morgan fingerprint density at radius 1 is 1.53 bits per heavy atom. The summed E-state index contributed by atoms with van der Waals surface area (Å²) >= 11 is 1.14. The number of rotatable bonds is 2. The number of amides is 1. The Kier molecular flexibility index (Phi) is 4.06. The van der Waals surface area contributed by atoms with Gasteiger partial charge in [-0.3, -0.25) is 4.79 Å². The summed E-state index contributed by atoms with van der Waals surface area (Å²) in [6.45, 7) is 2.56. The summed E-state index contributed by atoms with van der Waals surface area (Å²) in [5, 5.41) is 13.2. The highest BCUT2D eigenvalue weighted by atomic mass is 32.1. The maximum Gasteiger partial charge on any atom is 0.267 e. The first kappa shape index (κ1) is 12.4. The Morgan fingerprint density at radius 3 is 3.00 bits per heavy atom. The van der Waals surface area contributed by atoms with E-state index in [1.807, 2.05) is 0 Å². The monoisotopic (exact) mass is 255 g/mol. The van der Waals surface area contributed by atoms with Crippen molar-refractivity contribution < 1.29 is 9.90 Å². The van der Waals surface area contributed by atoms with Gasteiger partial charge in [-0.05, 0) is 31.3 Å². The fraction of sp³-hybridized carbons (Fsp3) is 0.727. The lowest BCUT2D eigenvalue weighted by atomic mass is 10.1. The molecule has 1 amide bonds. The minimum Gasteiger partial charge on any atom is -0.394 e. The van der Waals surface area contributed by atoms with Crippen LogP contribution in [-0.2, 0) is 0 Å². The zero-order valence-corrected chi connectivity index (χ0v) is 10.7. The molecule has 0 spiro atoms. The van der Waals surface area contributed by atoms with Gasteiger partial charge >= 0.3 is 0 Å². The molecular formula is C11H17N3O2S. The third-order valence-electron chi connectivity index (χ3n) is 3.19. The van der Waals surface area contributed by atoms with Crippen molar-refractivity contribution in [1.82, 2.24) is 14.5 Å². The Hall–Kier alpha value is -1.01. The van der Waals surface area contributed by atoms with Gasteiger partial charge in [0.1, 0.15) is 4.88 Å². The highest BCUT2D eigenvalue weighted by Crippen LogP contribution is 2.21. The normalized spacial score (nSPS) is 21.3. The Morgan fingerprint density at radius 2 is 2.35 bits per heavy atom. The van der Waals surface area contributed by atoms with E-state index in [9.17, 15) is 9.90 Å². The standard InChI is InChI=1S/C11H17N3O2S/c1-8-10(17-13-12-8)11(16)14-6-4-2-3-5-9(14)7-15/h9,15H,2-7H2,1H3. The fourth-order valence-corrected chi connectivity index (χ4v) is 2.81. The fourth-order valence-electron chi connectivity index (χ4n) is 2.19. The summed E-state index contributed by atoms with van der Waals surface area (Å²) in [5.41, 5.74) is 0.681. The Balaban J connectivity index is 2.18. The van der Waals surface area contributed by atoms with Crippen LogP contribution in [0.2, 0.25) is 0 Å². The summed E-state index contributed by atoms with van der Waals surface area (Å²) in [7, 11) is 0. The molecule has 0 aromatic carbocycles. The zero-order chi connectivity index (χ0) is 12.3. The maximum atomic E-state index is 12.3. The van der Waals surface area contributed by atoms with Crippen molar-refractivity contribution in [2.75, 3.05) is 13.2 Å². The Labute approximate surface area is 105 Å². The van der Waals surface area contributed by atoms with Crippen LogP contribution in [0.25, 0.3) is 0 Å². The van der Waals surface area contributed by atoms with Crippen molar-refractivity contribution in [3.63, 3.8) is 0 Å². The van der Waals surface area contributed by atoms with Crippen LogP contribution < -0.4 is 0 Å². The van der Waals surface area contributed by atoms with Gasteiger partial charge in [0, 0.05) is 6.54 Å². The second kappa shape index (κ2) is 5.55. The molecule has 1 aromatic rings. The average Bonchev–Trinajstić information content (AvgIpc) is 2.64. The van der Waals surface area contributed by atoms with Gasteiger partial charge < -0.3 is 10.0 Å². The van der Waals surface area contributed by atoms with E-state index in [0.717, 1.165) is 43.8 Å². The van der Waals surface area contributed by atoms with Crippen molar-refractivity contribution in [2.45, 2.75) is 38.6 Å². The number of aryl methyl sites for hydroxylation is 1. The number of likely N-dealkylation sites (tertiary alicyclic amines) is 1. The van der Waals surface area contributed by atoms with E-state index in [0.29, 0.717) is 10.6 Å². The molecule has 5 nitrogen and oxygen atoms in total. The van der Waals surface area contributed by atoms with Crippen LogP contribution in [0.15, 0.2) is 0 Å². The van der Waals surface area contributed by atoms with Gasteiger partial charge in [-0.1, -0.05) is 17.3 Å². The molecule has 1 fully saturated rings. The van der Waals surface area contributed by atoms with Crippen molar-refractivity contribution in [3.8, 4) is 0 Å². The summed E-state index contributed by atoms with van der Waals surface area (Å²) in [6.07, 6.45) is 4.09. The van der Waals surface area contributed by atoms with Crippen LogP contribution in [0.3, 0.4) is 0 Å². The predicted octanol–water partition coefficient (Wildman–Crippen LogP) is 1.22. The first-order valence-corrected chi connectivity index (χ1v) is 6.72. The van der Waals surface area contributed by atoms with Gasteiger partial charge in [0.15, 0.2) is 0 Å². The van der Waals surface area contributed by atoms with Crippen molar-refractivity contribution in [3.05, 3.63) is 10.6 Å². The summed E-state index contributed by atoms with van der Waals surface area (Å²) in [6, 6.07) is -0.0495. The number of aromatic nitrogens is 2. The largest absolute Gasteiger partial charge is 0.394 e. The van der Waals surface area contributed by atoms with Gasteiger partial charge in [0.2, 0.25) is 0 Å². The predicted molar refractivity (Wildman–Crippen MR) is 65.0 cm³/mol. The molecule has 0 radical (unpaired) electrons. The van der Waals surface area contributed by atoms with Crippen LogP contribution in [0.4, 0.5) is 0 Å². The molecule has 6 heteroatoms. The minimum absolute atomic E-state index is 0.0292. The topological polar surface area (TPSA) is 66.3 Å². The molecule has 1 aromatic heterocycles. The Bertz CT molecular complexity index is 394. The number of hydrogen-bond acceptors (Lipinski definition) is 5. The molecule has 94 valence electrons. The van der Waals surface area contributed by atoms with Crippen molar-refractivity contribution in [1.29, 1.82) is 0 Å². The number of carbonyl (C=O) groups is 1. The molecule has 1 unspecified atom stereocenters. The lowest BCUT2D eigenvalue weighted by Crippen LogP contribution is -2.42. The second-order valence-corrected chi connectivity index (χ2v) is 5.13. The molecule has 0 bridgehead atoms. The number of carbonyl (C=O) groups excluding carboxylic acids is 1. The van der Waals surface area contributed by atoms with E-state index in [2.05, 4.69) is 9.59 Å². The molecule has 1 N–H and O–H groups in total. The lowest BCUT2D eigenvalue weighted by Gasteiger charge is -2.28. The van der Waals surface area contributed by atoms with Crippen LogP contribution >= 0.6 is 11.5 Å². The molecule has 1 atom stereocenters. The van der Waals surface area contributed by atoms with Crippen LogP contribution in [0, 0.1) is 6.92 Å². The zero-order valence-electron chi connectivity index (χ0n) is 9.93. The van der Waals surface area contributed by atoms with Crippen molar-refractivity contribution in [2.24, 2.45) is 0 Å². The maximum absolute atomic E-state index is 12.3. The van der Waals surface area contributed by atoms with E-state index >= 15 is 0 Å². The smallest absolute Gasteiger partial charge is 0.267 e. The number of aliphatic hydroxyl groups excluding tert-OH is 1. The third kappa shape index (κ3) is 2.63. The van der Waals surface area contributed by atoms with Gasteiger partial charge in [-0.25, -0.2) is 0 Å². The first-order chi connectivity index (χ1) is 8.24. The van der Waals surface area contributed by atoms with E-state index in [-0.39, 0.29) is 18.6 Å². The molecule has 0 aliphatic carbocycles. The molecule has 1 aliphatic heterocycles. The summed E-state index contributed by atoms with van der Waals surface area (Å²) in [4.78, 5) is 14.7. The molecule has 0 saturated carbocycles. The second-order valence-electron chi connectivity index (χ2n) is 4.37. The van der Waals surface area contributed by atoms with Gasteiger partial charge in [-0.15, -0.1) is 5.10 Å². The first-order valence-electron chi connectivity index (χ1n) is 5.95. The average molecular weight is 255 g/mol. The molecule has 17 heavy (non-hydrogen) atoms. The van der Waals surface area contributed by atoms with Crippen LogP contribution in [0.5, 0.6) is 0 Å². The van der Waals surface area contributed by atoms with E-state index < -0.39 is 0 Å². The molecule has 2 heterocycles. The SMILES string of the molecule is Cc1nnsc1C(=O)N1CCCCCC1CO. The van der Waals surface area contributed by atoms with E-state index in [1.165, 1.54) is 0 Å². The molecule has 1 aliphatic rings. The molecule has 1 saturated heterocycles. The number of aliphatic hydroxyl groups is 1. The van der Waals surface area contributed by atoms with Crippen LogP contribution in [0.1, 0.15) is 41.0 Å². The highest BCUT2D eigenvalue weighted by Gasteiger charge is 2.28. The number of nitrogens with zero attached hydrogens (tertiary/aromatic N) is 3. The molecular weight excluding hydrogens is 238 g/mol. The van der Waals surface area contributed by atoms with E-state index in [1.54, 1.807) is 11.8 Å². The van der Waals surface area contributed by atoms with Gasteiger partial charge in [0.25, 0.3) is 5.91 Å². The van der Waals surface area contributed by atoms with Gasteiger partial charge in [0.05, 0.1) is 18.3 Å². The summed E-state index contributed by atoms with van der Waals surface area (Å²) < 4.78 is 3.79. The number of hydrogen-bond donors (Lipinski definition) is 1. The lowest BCUT2D eigenvalue weighted by molar-refractivity contribution is 0.0603. The summed E-state index contributed by atoms with van der Waals surface area (Å²) in [5.74, 6) is -0.0292. The van der Waals surface area contributed by atoms with Crippen LogP contribution in [-0.4, -0.2) is 44.7 Å². The van der Waals surface area contributed by atoms with Crippen molar-refractivity contribution >= 4 is 17.4 Å².